The lowest BCUT2D eigenvalue weighted by molar-refractivity contribution is 0.439. The summed E-state index contributed by atoms with van der Waals surface area (Å²) in [5.41, 5.74) is 0. The van der Waals surface area contributed by atoms with Gasteiger partial charge in [0.05, 0.1) is 5.75 Å². The lowest BCUT2D eigenvalue weighted by Gasteiger charge is -2.30. The van der Waals surface area contributed by atoms with Crippen molar-refractivity contribution in [2.45, 2.75) is 43.4 Å². The molecule has 7 nitrogen and oxygen atoms in total. The molecule has 118 valence electrons. The molecule has 2 N–H and O–H groups in total. The van der Waals surface area contributed by atoms with E-state index in [1.807, 2.05) is 7.05 Å². The van der Waals surface area contributed by atoms with E-state index in [2.05, 4.69) is 25.4 Å². The van der Waals surface area contributed by atoms with Crippen LogP contribution in [0.1, 0.15) is 43.2 Å². The normalized spacial score (nSPS) is 26.9. The minimum Gasteiger partial charge on any atom is -0.339 e. The van der Waals surface area contributed by atoms with Crippen molar-refractivity contribution in [3.8, 4) is 0 Å². The van der Waals surface area contributed by atoms with Crippen molar-refractivity contribution in [3.63, 3.8) is 0 Å². The van der Waals surface area contributed by atoms with E-state index in [1.54, 1.807) is 0 Å². The summed E-state index contributed by atoms with van der Waals surface area (Å²) in [6.07, 6.45) is 4.47. The summed E-state index contributed by atoms with van der Waals surface area (Å²) in [4.78, 5) is 6.59. The maximum absolute atomic E-state index is 12.1. The third-order valence-corrected chi connectivity index (χ3v) is 6.74. The third-order valence-electron chi connectivity index (χ3n) is 4.56. The van der Waals surface area contributed by atoms with Crippen LogP contribution in [0.4, 0.5) is 5.95 Å². The number of anilines is 1. The Bertz CT molecular complexity index is 577. The first kappa shape index (κ1) is 14.8. The van der Waals surface area contributed by atoms with E-state index >= 15 is 0 Å². The molecule has 3 rings (SSSR count). The van der Waals surface area contributed by atoms with Gasteiger partial charge in [-0.2, -0.15) is 4.98 Å². The summed E-state index contributed by atoms with van der Waals surface area (Å²) in [6, 6.07) is 0.554. The minimum absolute atomic E-state index is 0.265. The number of nitrogens with zero attached hydrogens (tertiary/aromatic N) is 3. The average molecular weight is 313 g/mol. The van der Waals surface area contributed by atoms with Crippen molar-refractivity contribution in [2.24, 2.45) is 0 Å². The van der Waals surface area contributed by atoms with Gasteiger partial charge < -0.3 is 10.2 Å². The summed E-state index contributed by atoms with van der Waals surface area (Å²) >= 11 is 0. The largest absolute Gasteiger partial charge is 0.339 e. The second-order valence-electron chi connectivity index (χ2n) is 5.92. The zero-order valence-electron chi connectivity index (χ0n) is 12.4. The predicted molar refractivity (Wildman–Crippen MR) is 81.1 cm³/mol. The Morgan fingerprint density at radius 3 is 2.67 bits per heavy atom. The molecule has 0 bridgehead atoms. The molecule has 1 aromatic rings. The fraction of sp³-hybridized carbons (Fsp3) is 0.846. The molecule has 0 spiro atoms. The fourth-order valence-corrected chi connectivity index (χ4v) is 5.04. The van der Waals surface area contributed by atoms with Crippen LogP contribution in [0.5, 0.6) is 0 Å². The molecule has 0 amide bonds. The van der Waals surface area contributed by atoms with E-state index in [1.165, 1.54) is 0 Å². The molecule has 21 heavy (non-hydrogen) atoms. The molecule has 2 aliphatic heterocycles. The van der Waals surface area contributed by atoms with Crippen LogP contribution < -0.4 is 10.2 Å². The first-order valence-electron chi connectivity index (χ1n) is 7.66. The highest BCUT2D eigenvalue weighted by molar-refractivity contribution is 7.91. The molecule has 8 heteroatoms. The lowest BCUT2D eigenvalue weighted by atomic mass is 10.1. The summed E-state index contributed by atoms with van der Waals surface area (Å²) in [5.74, 6) is 1.42. The Morgan fingerprint density at radius 2 is 2.00 bits per heavy atom. The second kappa shape index (κ2) is 5.92. The Morgan fingerprint density at radius 1 is 1.24 bits per heavy atom. The smallest absolute Gasteiger partial charge is 0.244 e. The number of nitrogens with one attached hydrogen (secondary N) is 2. The van der Waals surface area contributed by atoms with E-state index in [4.69, 9.17) is 0 Å². The molecule has 1 unspecified atom stereocenters. The molecule has 1 aromatic heterocycles. The van der Waals surface area contributed by atoms with Crippen LogP contribution in [-0.2, 0) is 9.84 Å². The molecule has 2 fully saturated rings. The second-order valence-corrected chi connectivity index (χ2v) is 8.23. The van der Waals surface area contributed by atoms with Crippen molar-refractivity contribution >= 4 is 15.8 Å². The fourth-order valence-electron chi connectivity index (χ4n) is 3.18. The van der Waals surface area contributed by atoms with Gasteiger partial charge in [0, 0.05) is 19.1 Å². The average Bonchev–Trinajstić information content (AvgIpc) is 2.96. The minimum atomic E-state index is -3.07. The molecule has 2 saturated heterocycles. The first-order chi connectivity index (χ1) is 10.1. The standard InChI is InChI=1S/C13H23N5O2S/c1-14-10-5-7-18(8-6-10)13-15-12(16-17-13)11-4-2-3-9-21(11,19)20/h10-11,14H,2-9H2,1H3,(H,15,16,17). The van der Waals surface area contributed by atoms with Crippen LogP contribution in [0.2, 0.25) is 0 Å². The van der Waals surface area contributed by atoms with E-state index in [0.29, 0.717) is 24.2 Å². The molecule has 0 radical (unpaired) electrons. The summed E-state index contributed by atoms with van der Waals surface area (Å²) in [6.45, 7) is 1.81. The zero-order valence-corrected chi connectivity index (χ0v) is 13.2. The van der Waals surface area contributed by atoms with Gasteiger partial charge in [0.1, 0.15) is 11.1 Å². The van der Waals surface area contributed by atoms with E-state index in [0.717, 1.165) is 38.8 Å². The van der Waals surface area contributed by atoms with Crippen LogP contribution in [0.3, 0.4) is 0 Å². The molecule has 2 aliphatic rings. The van der Waals surface area contributed by atoms with Crippen LogP contribution in [0, 0.1) is 0 Å². The predicted octanol–water partition coefficient (Wildman–Crippen LogP) is 0.633. The lowest BCUT2D eigenvalue weighted by Crippen LogP contribution is -2.41. The van der Waals surface area contributed by atoms with Crippen molar-refractivity contribution in [3.05, 3.63) is 5.82 Å². The van der Waals surface area contributed by atoms with Crippen molar-refractivity contribution in [1.29, 1.82) is 0 Å². The third kappa shape index (κ3) is 3.06. The topological polar surface area (TPSA) is 91.0 Å². The summed E-state index contributed by atoms with van der Waals surface area (Å²) in [5, 5.41) is 9.88. The van der Waals surface area contributed by atoms with Gasteiger partial charge in [0.25, 0.3) is 0 Å². The van der Waals surface area contributed by atoms with Crippen molar-refractivity contribution in [2.75, 3.05) is 30.8 Å². The highest BCUT2D eigenvalue weighted by Gasteiger charge is 2.33. The molecule has 3 heterocycles. The maximum Gasteiger partial charge on any atom is 0.244 e. The Balaban J connectivity index is 1.72. The quantitative estimate of drug-likeness (QED) is 0.850. The Labute approximate surface area is 125 Å². The van der Waals surface area contributed by atoms with Crippen molar-refractivity contribution < 1.29 is 8.42 Å². The van der Waals surface area contributed by atoms with Gasteiger partial charge >= 0.3 is 0 Å². The molecule has 1 atom stereocenters. The Kier molecular flexibility index (Phi) is 4.17. The summed E-state index contributed by atoms with van der Waals surface area (Å²) < 4.78 is 24.3. The number of aromatic amines is 1. The van der Waals surface area contributed by atoms with E-state index in [9.17, 15) is 8.42 Å². The number of rotatable bonds is 3. The SMILES string of the molecule is CNC1CCN(c2n[nH]c(C3CCCCS3(=O)=O)n2)CC1. The number of hydrogen-bond acceptors (Lipinski definition) is 6. The number of piperidine rings is 1. The molecule has 0 aliphatic carbocycles. The first-order valence-corrected chi connectivity index (χ1v) is 9.38. The summed E-state index contributed by atoms with van der Waals surface area (Å²) in [7, 11) is -1.08. The van der Waals surface area contributed by atoms with Crippen molar-refractivity contribution in [1.82, 2.24) is 20.5 Å². The van der Waals surface area contributed by atoms with Gasteiger partial charge in [-0.1, -0.05) is 6.42 Å². The van der Waals surface area contributed by atoms with Crippen LogP contribution in [0.15, 0.2) is 0 Å². The van der Waals surface area contributed by atoms with Crippen LogP contribution in [-0.4, -0.2) is 55.5 Å². The number of sulfone groups is 1. The van der Waals surface area contributed by atoms with Gasteiger partial charge in [-0.15, -0.1) is 5.10 Å². The monoisotopic (exact) mass is 313 g/mol. The van der Waals surface area contributed by atoms with Crippen LogP contribution in [0.25, 0.3) is 0 Å². The van der Waals surface area contributed by atoms with Gasteiger partial charge in [0.2, 0.25) is 5.95 Å². The van der Waals surface area contributed by atoms with Gasteiger partial charge in [-0.05, 0) is 32.7 Å². The van der Waals surface area contributed by atoms with E-state index < -0.39 is 15.1 Å². The van der Waals surface area contributed by atoms with Gasteiger partial charge in [0.15, 0.2) is 9.84 Å². The molecule has 0 saturated carbocycles. The highest BCUT2D eigenvalue weighted by atomic mass is 32.2. The molecule has 0 aromatic carbocycles. The number of H-pyrrole nitrogens is 1. The maximum atomic E-state index is 12.1. The Hall–Kier alpha value is -1.15. The zero-order chi connectivity index (χ0) is 14.9. The van der Waals surface area contributed by atoms with Crippen LogP contribution >= 0.6 is 0 Å². The molecular formula is C13H23N5O2S. The highest BCUT2D eigenvalue weighted by Crippen LogP contribution is 2.32. The number of hydrogen-bond donors (Lipinski definition) is 2. The number of aromatic nitrogens is 3. The van der Waals surface area contributed by atoms with E-state index in [-0.39, 0.29) is 5.75 Å². The molecular weight excluding hydrogens is 290 g/mol. The van der Waals surface area contributed by atoms with Gasteiger partial charge in [-0.25, -0.2) is 8.42 Å². The van der Waals surface area contributed by atoms with Gasteiger partial charge in [-0.3, -0.25) is 5.10 Å².